The summed E-state index contributed by atoms with van der Waals surface area (Å²) in [4.78, 5) is 32.1. The van der Waals surface area contributed by atoms with E-state index >= 15 is 0 Å². The van der Waals surface area contributed by atoms with Crippen LogP contribution in [0, 0.1) is 6.92 Å². The third-order valence-electron chi connectivity index (χ3n) is 4.88. The predicted molar refractivity (Wildman–Crippen MR) is 100 cm³/mol. The van der Waals surface area contributed by atoms with Crippen LogP contribution in [0.25, 0.3) is 0 Å². The molecular weight excluding hydrogens is 340 g/mol. The molecule has 1 saturated heterocycles. The summed E-state index contributed by atoms with van der Waals surface area (Å²) >= 11 is 0. The van der Waals surface area contributed by atoms with Crippen LogP contribution < -0.4 is 0 Å². The summed E-state index contributed by atoms with van der Waals surface area (Å²) in [6.45, 7) is 3.93. The van der Waals surface area contributed by atoms with E-state index in [0.29, 0.717) is 18.8 Å². The monoisotopic (exact) mass is 362 g/mol. The molecule has 1 fully saturated rings. The van der Waals surface area contributed by atoms with Gasteiger partial charge in [-0.2, -0.15) is 0 Å². The third-order valence-corrected chi connectivity index (χ3v) is 4.88. The van der Waals surface area contributed by atoms with Gasteiger partial charge in [0, 0.05) is 43.8 Å². The maximum Gasteiger partial charge on any atom is 0.274 e. The standard InChI is InChI=1S/C20H22N6O/c1-15-11-24-18(12-23-15)20(27)26-9-4-5-16(13-26)19-22-8-10-25(19)14-17-6-2-3-7-21-17/h2-3,6-8,10-12,16H,4-5,9,13-14H2,1H3. The maximum atomic E-state index is 12.8. The molecular formula is C20H22N6O. The predicted octanol–water partition coefficient (Wildman–Crippen LogP) is 2.44. The number of imidazole rings is 1. The van der Waals surface area contributed by atoms with Gasteiger partial charge in [0.2, 0.25) is 0 Å². The van der Waals surface area contributed by atoms with Gasteiger partial charge in [-0.25, -0.2) is 9.97 Å². The van der Waals surface area contributed by atoms with E-state index in [2.05, 4.69) is 24.5 Å². The first-order valence-corrected chi connectivity index (χ1v) is 9.19. The molecule has 1 amide bonds. The summed E-state index contributed by atoms with van der Waals surface area (Å²) in [5.74, 6) is 1.16. The van der Waals surface area contributed by atoms with Crippen molar-refractivity contribution in [1.29, 1.82) is 0 Å². The molecule has 3 aromatic heterocycles. The second-order valence-electron chi connectivity index (χ2n) is 6.87. The van der Waals surface area contributed by atoms with E-state index in [1.165, 1.54) is 0 Å². The maximum absolute atomic E-state index is 12.8. The highest BCUT2D eigenvalue weighted by atomic mass is 16.2. The van der Waals surface area contributed by atoms with Crippen LogP contribution in [0.5, 0.6) is 0 Å². The van der Waals surface area contributed by atoms with Crippen molar-refractivity contribution >= 4 is 5.91 Å². The van der Waals surface area contributed by atoms with Crippen molar-refractivity contribution in [1.82, 2.24) is 29.4 Å². The Morgan fingerprint density at radius 3 is 2.85 bits per heavy atom. The Morgan fingerprint density at radius 2 is 2.07 bits per heavy atom. The zero-order chi connectivity index (χ0) is 18.6. The molecule has 1 unspecified atom stereocenters. The molecule has 0 aromatic carbocycles. The molecule has 0 N–H and O–H groups in total. The molecule has 0 saturated carbocycles. The van der Waals surface area contributed by atoms with Crippen molar-refractivity contribution in [3.05, 3.63) is 72.1 Å². The van der Waals surface area contributed by atoms with Crippen LogP contribution in [0.3, 0.4) is 0 Å². The Labute approximate surface area is 158 Å². The molecule has 0 bridgehead atoms. The van der Waals surface area contributed by atoms with Crippen LogP contribution in [0.4, 0.5) is 0 Å². The number of rotatable bonds is 4. The van der Waals surface area contributed by atoms with Crippen molar-refractivity contribution in [2.24, 2.45) is 0 Å². The van der Waals surface area contributed by atoms with E-state index in [1.807, 2.05) is 42.4 Å². The molecule has 1 atom stereocenters. The van der Waals surface area contributed by atoms with Gasteiger partial charge in [-0.05, 0) is 31.9 Å². The van der Waals surface area contributed by atoms with Crippen LogP contribution in [0.2, 0.25) is 0 Å². The third kappa shape index (κ3) is 3.86. The zero-order valence-electron chi connectivity index (χ0n) is 15.3. The van der Waals surface area contributed by atoms with Crippen molar-refractivity contribution in [3.63, 3.8) is 0 Å². The van der Waals surface area contributed by atoms with Crippen LogP contribution in [0.15, 0.2) is 49.2 Å². The van der Waals surface area contributed by atoms with Crippen molar-refractivity contribution < 1.29 is 4.79 Å². The Hall–Kier alpha value is -3.09. The lowest BCUT2D eigenvalue weighted by atomic mass is 9.96. The van der Waals surface area contributed by atoms with Crippen LogP contribution in [-0.4, -0.2) is 48.4 Å². The molecule has 0 spiro atoms. The first kappa shape index (κ1) is 17.3. The zero-order valence-corrected chi connectivity index (χ0v) is 15.3. The van der Waals surface area contributed by atoms with Crippen LogP contribution >= 0.6 is 0 Å². The fraction of sp³-hybridized carbons (Fsp3) is 0.350. The Kier molecular flexibility index (Phi) is 4.91. The van der Waals surface area contributed by atoms with Crippen molar-refractivity contribution in [2.45, 2.75) is 32.2 Å². The fourth-order valence-corrected chi connectivity index (χ4v) is 3.52. The molecule has 4 rings (SSSR count). The average molecular weight is 362 g/mol. The highest BCUT2D eigenvalue weighted by molar-refractivity contribution is 5.92. The summed E-state index contributed by atoms with van der Waals surface area (Å²) in [7, 11) is 0. The van der Waals surface area contributed by atoms with Gasteiger partial charge in [-0.1, -0.05) is 6.07 Å². The second-order valence-corrected chi connectivity index (χ2v) is 6.87. The Balaban J connectivity index is 1.50. The van der Waals surface area contributed by atoms with E-state index in [-0.39, 0.29) is 11.8 Å². The van der Waals surface area contributed by atoms with Gasteiger partial charge < -0.3 is 9.47 Å². The largest absolute Gasteiger partial charge is 0.337 e. The summed E-state index contributed by atoms with van der Waals surface area (Å²) in [6, 6.07) is 5.91. The average Bonchev–Trinajstić information content (AvgIpc) is 3.17. The number of pyridine rings is 1. The smallest absolute Gasteiger partial charge is 0.274 e. The quantitative estimate of drug-likeness (QED) is 0.712. The fourth-order valence-electron chi connectivity index (χ4n) is 3.52. The molecule has 0 radical (unpaired) electrons. The van der Waals surface area contributed by atoms with Crippen molar-refractivity contribution in [2.75, 3.05) is 13.1 Å². The number of carbonyl (C=O) groups is 1. The van der Waals surface area contributed by atoms with Gasteiger partial charge in [-0.3, -0.25) is 14.8 Å². The number of hydrogen-bond donors (Lipinski definition) is 0. The van der Waals surface area contributed by atoms with Gasteiger partial charge >= 0.3 is 0 Å². The van der Waals surface area contributed by atoms with Gasteiger partial charge in [0.05, 0.1) is 24.1 Å². The second kappa shape index (κ2) is 7.65. The lowest BCUT2D eigenvalue weighted by Gasteiger charge is -2.32. The number of carbonyl (C=O) groups excluding carboxylic acids is 1. The lowest BCUT2D eigenvalue weighted by Crippen LogP contribution is -2.40. The minimum absolute atomic E-state index is 0.0602. The van der Waals surface area contributed by atoms with E-state index < -0.39 is 0 Å². The topological polar surface area (TPSA) is 76.8 Å². The number of nitrogens with zero attached hydrogens (tertiary/aromatic N) is 6. The lowest BCUT2D eigenvalue weighted by molar-refractivity contribution is 0.0697. The molecule has 0 aliphatic carbocycles. The number of likely N-dealkylation sites (tertiary alicyclic amines) is 1. The number of amides is 1. The van der Waals surface area contributed by atoms with E-state index in [9.17, 15) is 4.79 Å². The highest BCUT2D eigenvalue weighted by Crippen LogP contribution is 2.27. The molecule has 1 aliphatic rings. The van der Waals surface area contributed by atoms with Gasteiger partial charge in [-0.15, -0.1) is 0 Å². The molecule has 7 nitrogen and oxygen atoms in total. The first-order chi connectivity index (χ1) is 13.2. The molecule has 27 heavy (non-hydrogen) atoms. The SMILES string of the molecule is Cc1cnc(C(=O)N2CCCC(c3nccn3Cc3ccccn3)C2)cn1. The molecule has 7 heteroatoms. The summed E-state index contributed by atoms with van der Waals surface area (Å²) < 4.78 is 2.13. The molecule has 1 aliphatic heterocycles. The number of piperidine rings is 1. The van der Waals surface area contributed by atoms with E-state index in [4.69, 9.17) is 0 Å². The highest BCUT2D eigenvalue weighted by Gasteiger charge is 2.28. The Morgan fingerprint density at radius 1 is 1.15 bits per heavy atom. The Bertz CT molecular complexity index is 906. The van der Waals surface area contributed by atoms with Gasteiger partial charge in [0.1, 0.15) is 11.5 Å². The van der Waals surface area contributed by atoms with E-state index in [1.54, 1.807) is 18.6 Å². The number of aryl methyl sites for hydroxylation is 1. The molecule has 138 valence electrons. The van der Waals surface area contributed by atoms with Gasteiger partial charge in [0.25, 0.3) is 5.91 Å². The normalized spacial score (nSPS) is 17.1. The number of aromatic nitrogens is 5. The van der Waals surface area contributed by atoms with Crippen molar-refractivity contribution in [3.8, 4) is 0 Å². The summed E-state index contributed by atoms with van der Waals surface area (Å²) in [5.41, 5.74) is 2.20. The minimum atomic E-state index is -0.0602. The van der Waals surface area contributed by atoms with Crippen LogP contribution in [-0.2, 0) is 6.54 Å². The molecule has 4 heterocycles. The molecule has 3 aromatic rings. The number of hydrogen-bond acceptors (Lipinski definition) is 5. The van der Waals surface area contributed by atoms with Crippen LogP contribution in [0.1, 0.15) is 46.5 Å². The van der Waals surface area contributed by atoms with E-state index in [0.717, 1.165) is 36.6 Å². The summed E-state index contributed by atoms with van der Waals surface area (Å²) in [5, 5.41) is 0. The first-order valence-electron chi connectivity index (χ1n) is 9.19. The minimum Gasteiger partial charge on any atom is -0.337 e. The van der Waals surface area contributed by atoms with Gasteiger partial charge in [0.15, 0.2) is 0 Å². The summed E-state index contributed by atoms with van der Waals surface area (Å²) in [6.07, 6.45) is 10.8.